The van der Waals surface area contributed by atoms with E-state index in [4.69, 9.17) is 17.3 Å². The number of amides is 1. The third kappa shape index (κ3) is 25.6. The minimum absolute atomic E-state index is 0.176. The predicted molar refractivity (Wildman–Crippen MR) is 77.0 cm³/mol. The highest BCUT2D eigenvalue weighted by Crippen LogP contribution is 1.83. The highest BCUT2D eigenvalue weighted by atomic mass is 16.4. The first-order valence-corrected chi connectivity index (χ1v) is 5.14. The molecule has 0 aliphatic rings. The SMILES string of the molecule is C#CCN.C#CCNC(=O)C(=C)C.C=C(C)C(=O)O. The number of carboxylic acids is 1. The maximum atomic E-state index is 10.6. The molecule has 19 heavy (non-hydrogen) atoms. The molecule has 0 fully saturated rings. The van der Waals surface area contributed by atoms with Crippen LogP contribution in [0, 0.1) is 24.7 Å². The van der Waals surface area contributed by atoms with Crippen molar-refractivity contribution >= 4 is 11.9 Å². The molecule has 0 aromatic rings. The van der Waals surface area contributed by atoms with Gasteiger partial charge in [-0.05, 0) is 13.8 Å². The Morgan fingerprint density at radius 3 is 1.74 bits per heavy atom. The number of terminal acetylenes is 2. The van der Waals surface area contributed by atoms with Crippen LogP contribution in [0.3, 0.4) is 0 Å². The van der Waals surface area contributed by atoms with Gasteiger partial charge >= 0.3 is 5.97 Å². The Morgan fingerprint density at radius 2 is 1.58 bits per heavy atom. The van der Waals surface area contributed by atoms with Gasteiger partial charge in [-0.3, -0.25) is 4.79 Å². The van der Waals surface area contributed by atoms with Crippen molar-refractivity contribution in [2.24, 2.45) is 5.73 Å². The number of carbonyl (C=O) groups excluding carboxylic acids is 1. The maximum Gasteiger partial charge on any atom is 0.330 e. The fourth-order valence-electron chi connectivity index (χ4n) is 0.282. The summed E-state index contributed by atoms with van der Waals surface area (Å²) in [7, 11) is 0. The molecule has 0 aromatic heterocycles. The van der Waals surface area contributed by atoms with Crippen LogP contribution in [-0.2, 0) is 9.59 Å². The molecule has 0 spiro atoms. The van der Waals surface area contributed by atoms with E-state index < -0.39 is 5.97 Å². The second-order valence-corrected chi connectivity index (χ2v) is 3.16. The average Bonchev–Trinajstić information content (AvgIpc) is 2.36. The molecule has 0 aliphatic carbocycles. The summed E-state index contributed by atoms with van der Waals surface area (Å²) in [6.07, 6.45) is 9.54. The van der Waals surface area contributed by atoms with E-state index in [1.807, 2.05) is 0 Å². The third-order valence-electron chi connectivity index (χ3n) is 1.22. The molecule has 4 N–H and O–H groups in total. The molecule has 0 unspecified atom stereocenters. The van der Waals surface area contributed by atoms with Crippen molar-refractivity contribution in [3.63, 3.8) is 0 Å². The van der Waals surface area contributed by atoms with E-state index in [1.165, 1.54) is 6.92 Å². The van der Waals surface area contributed by atoms with Gasteiger partial charge < -0.3 is 16.2 Å². The molecule has 0 saturated carbocycles. The largest absolute Gasteiger partial charge is 0.478 e. The lowest BCUT2D eigenvalue weighted by Crippen LogP contribution is -2.23. The quantitative estimate of drug-likeness (QED) is 0.512. The highest BCUT2D eigenvalue weighted by Gasteiger charge is 1.96. The number of carbonyl (C=O) groups is 2. The average molecular weight is 264 g/mol. The minimum atomic E-state index is -0.935. The fourth-order valence-corrected chi connectivity index (χ4v) is 0.282. The Kier molecular flexibility index (Phi) is 17.7. The molecule has 104 valence electrons. The van der Waals surface area contributed by atoms with Gasteiger partial charge in [0.1, 0.15) is 0 Å². The van der Waals surface area contributed by atoms with Gasteiger partial charge in [0.05, 0.1) is 13.1 Å². The molecular formula is C14H20N2O3. The molecule has 5 nitrogen and oxygen atoms in total. The van der Waals surface area contributed by atoms with Crippen molar-refractivity contribution in [1.29, 1.82) is 0 Å². The Labute approximate surface area is 114 Å². The number of nitrogens with one attached hydrogen (secondary N) is 1. The first kappa shape index (κ1) is 21.8. The van der Waals surface area contributed by atoms with E-state index in [-0.39, 0.29) is 18.0 Å². The zero-order chi connectivity index (χ0) is 15.8. The number of hydrogen-bond acceptors (Lipinski definition) is 3. The number of rotatable bonds is 3. The van der Waals surface area contributed by atoms with E-state index >= 15 is 0 Å². The smallest absolute Gasteiger partial charge is 0.330 e. The first-order valence-electron chi connectivity index (χ1n) is 5.14. The Bertz CT molecular complexity index is 386. The zero-order valence-corrected chi connectivity index (χ0v) is 11.3. The summed E-state index contributed by atoms with van der Waals surface area (Å²) >= 11 is 0. The van der Waals surface area contributed by atoms with Crippen LogP contribution in [0.25, 0.3) is 0 Å². The van der Waals surface area contributed by atoms with Crippen LogP contribution in [0.15, 0.2) is 24.3 Å². The normalized spacial score (nSPS) is 7.00. The minimum Gasteiger partial charge on any atom is -0.478 e. The standard InChI is InChI=1S/C7H9NO.C4H6O2.C3H5N/c1-4-5-8-7(9)6(2)3;1-3(2)4(5)6;1-2-3-4/h1H,2,5H2,3H3,(H,8,9);1H2,2H3,(H,5,6);1H,3-4H2. The summed E-state index contributed by atoms with van der Waals surface area (Å²) in [5.74, 6) is 3.37. The van der Waals surface area contributed by atoms with E-state index in [1.54, 1.807) is 6.92 Å². The van der Waals surface area contributed by atoms with Gasteiger partial charge in [0, 0.05) is 11.1 Å². The van der Waals surface area contributed by atoms with Crippen molar-refractivity contribution in [1.82, 2.24) is 5.32 Å². The number of hydrogen-bond donors (Lipinski definition) is 3. The maximum absolute atomic E-state index is 10.6. The van der Waals surface area contributed by atoms with Crippen molar-refractivity contribution in [2.45, 2.75) is 13.8 Å². The van der Waals surface area contributed by atoms with E-state index in [9.17, 15) is 9.59 Å². The Morgan fingerprint density at radius 1 is 1.21 bits per heavy atom. The molecule has 5 heteroatoms. The molecule has 0 bridgehead atoms. The van der Waals surface area contributed by atoms with Gasteiger partial charge in [-0.1, -0.05) is 25.0 Å². The van der Waals surface area contributed by atoms with Gasteiger partial charge in [-0.15, -0.1) is 12.8 Å². The van der Waals surface area contributed by atoms with Crippen molar-refractivity contribution in [3.05, 3.63) is 24.3 Å². The van der Waals surface area contributed by atoms with Crippen LogP contribution in [0.2, 0.25) is 0 Å². The monoisotopic (exact) mass is 264 g/mol. The van der Waals surface area contributed by atoms with Crippen molar-refractivity contribution in [3.8, 4) is 24.7 Å². The van der Waals surface area contributed by atoms with Crippen LogP contribution in [0.4, 0.5) is 0 Å². The summed E-state index contributed by atoms with van der Waals surface area (Å²) in [5.41, 5.74) is 5.44. The van der Waals surface area contributed by atoms with E-state index in [0.29, 0.717) is 12.1 Å². The molecule has 0 atom stereocenters. The van der Waals surface area contributed by atoms with Gasteiger partial charge in [0.15, 0.2) is 0 Å². The lowest BCUT2D eigenvalue weighted by Gasteiger charge is -1.96. The lowest BCUT2D eigenvalue weighted by atomic mass is 10.3. The third-order valence-corrected chi connectivity index (χ3v) is 1.22. The van der Waals surface area contributed by atoms with Crippen LogP contribution >= 0.6 is 0 Å². The van der Waals surface area contributed by atoms with Crippen LogP contribution in [-0.4, -0.2) is 30.1 Å². The number of nitrogens with two attached hydrogens (primary N) is 1. The van der Waals surface area contributed by atoms with Gasteiger partial charge in [-0.2, -0.15) is 0 Å². The zero-order valence-electron chi connectivity index (χ0n) is 11.3. The molecule has 0 rings (SSSR count). The lowest BCUT2D eigenvalue weighted by molar-refractivity contribution is -0.132. The predicted octanol–water partition coefficient (Wildman–Crippen LogP) is 0.537. The molecule has 0 aromatic carbocycles. The summed E-state index contributed by atoms with van der Waals surface area (Å²) in [6.45, 7) is 10.3. The Balaban J connectivity index is -0.000000222. The van der Waals surface area contributed by atoms with Gasteiger partial charge in [0.2, 0.25) is 5.91 Å². The van der Waals surface area contributed by atoms with Crippen LogP contribution in [0.1, 0.15) is 13.8 Å². The van der Waals surface area contributed by atoms with Crippen LogP contribution < -0.4 is 11.1 Å². The summed E-state index contributed by atoms with van der Waals surface area (Å²) in [5, 5.41) is 10.3. The first-order chi connectivity index (χ1) is 8.74. The molecular weight excluding hydrogens is 244 g/mol. The highest BCUT2D eigenvalue weighted by molar-refractivity contribution is 5.92. The van der Waals surface area contributed by atoms with Gasteiger partial charge in [-0.25, -0.2) is 4.79 Å². The molecule has 0 radical (unpaired) electrons. The number of aliphatic carboxylic acids is 1. The van der Waals surface area contributed by atoms with E-state index in [2.05, 4.69) is 36.7 Å². The second kappa shape index (κ2) is 15.5. The summed E-state index contributed by atoms with van der Waals surface area (Å²) in [4.78, 5) is 20.2. The number of carboxylic acid groups (broad SMARTS) is 1. The van der Waals surface area contributed by atoms with Crippen LogP contribution in [0.5, 0.6) is 0 Å². The molecule has 0 heterocycles. The second-order valence-electron chi connectivity index (χ2n) is 3.16. The Hall–Kier alpha value is -2.50. The van der Waals surface area contributed by atoms with Gasteiger partial charge in [0.25, 0.3) is 0 Å². The molecule has 0 aliphatic heterocycles. The van der Waals surface area contributed by atoms with E-state index in [0.717, 1.165) is 0 Å². The van der Waals surface area contributed by atoms with Crippen molar-refractivity contribution < 1.29 is 14.7 Å². The fraction of sp³-hybridized carbons (Fsp3) is 0.286. The molecule has 0 saturated heterocycles. The van der Waals surface area contributed by atoms with Crippen molar-refractivity contribution in [2.75, 3.05) is 13.1 Å². The summed E-state index contributed by atoms with van der Waals surface area (Å²) < 4.78 is 0. The molecule has 1 amide bonds. The topological polar surface area (TPSA) is 92.4 Å². The summed E-state index contributed by atoms with van der Waals surface area (Å²) in [6, 6.07) is 0.